The summed E-state index contributed by atoms with van der Waals surface area (Å²) < 4.78 is 6.75. The molecule has 0 aliphatic rings. The van der Waals surface area contributed by atoms with Crippen LogP contribution in [0.15, 0.2) is 22.7 Å². The van der Waals surface area contributed by atoms with Crippen LogP contribution < -0.4 is 5.32 Å². The van der Waals surface area contributed by atoms with Gasteiger partial charge in [-0.05, 0) is 44.5 Å². The molecule has 102 valence electrons. The first-order valence-corrected chi connectivity index (χ1v) is 7.51. The van der Waals surface area contributed by atoms with Crippen molar-refractivity contribution in [3.05, 3.63) is 33.3 Å². The molecule has 1 aromatic rings. The molecule has 1 unspecified atom stereocenters. The number of benzene rings is 1. The molecule has 2 nitrogen and oxygen atoms in total. The van der Waals surface area contributed by atoms with Gasteiger partial charge in [0.05, 0.1) is 18.8 Å². The second-order valence-corrected chi connectivity index (χ2v) is 5.85. The molecule has 0 aromatic heterocycles. The lowest BCUT2D eigenvalue weighted by Crippen LogP contribution is -2.27. The lowest BCUT2D eigenvalue weighted by molar-refractivity contribution is 0.0610. The molecule has 18 heavy (non-hydrogen) atoms. The number of halogens is 2. The van der Waals surface area contributed by atoms with Crippen LogP contribution in [0.2, 0.25) is 5.02 Å². The minimum Gasteiger partial charge on any atom is -0.377 e. The van der Waals surface area contributed by atoms with E-state index in [1.54, 1.807) is 0 Å². The van der Waals surface area contributed by atoms with Gasteiger partial charge < -0.3 is 10.1 Å². The molecule has 0 amide bonds. The van der Waals surface area contributed by atoms with Gasteiger partial charge in [-0.2, -0.15) is 0 Å². The summed E-state index contributed by atoms with van der Waals surface area (Å²) in [5.74, 6) is 0. The Labute approximate surface area is 123 Å². The standard InChI is InChI=1S/C14H21BrClNO/c1-4-7-17-14(9-18-10(2)3)12-6-5-11(16)8-13(12)15/h5-6,8,10,14,17H,4,7,9H2,1-3H3. The molecular formula is C14H21BrClNO. The molecule has 0 saturated carbocycles. The van der Waals surface area contributed by atoms with Crippen molar-refractivity contribution in [2.75, 3.05) is 13.2 Å². The normalized spacial score (nSPS) is 13.0. The molecule has 0 spiro atoms. The lowest BCUT2D eigenvalue weighted by Gasteiger charge is -2.21. The Bertz CT molecular complexity index is 371. The number of hydrogen-bond acceptors (Lipinski definition) is 2. The average Bonchev–Trinajstić information content (AvgIpc) is 2.30. The highest BCUT2D eigenvalue weighted by Gasteiger charge is 2.15. The van der Waals surface area contributed by atoms with Crippen LogP contribution in [0.25, 0.3) is 0 Å². The third-order valence-corrected chi connectivity index (χ3v) is 3.50. The predicted octanol–water partition coefficient (Wildman–Crippen LogP) is 4.57. The minimum absolute atomic E-state index is 0.194. The van der Waals surface area contributed by atoms with Crippen LogP contribution in [0.5, 0.6) is 0 Å². The van der Waals surface area contributed by atoms with E-state index in [1.807, 2.05) is 32.0 Å². The van der Waals surface area contributed by atoms with E-state index in [2.05, 4.69) is 28.2 Å². The Morgan fingerprint density at radius 3 is 2.67 bits per heavy atom. The van der Waals surface area contributed by atoms with Crippen molar-refractivity contribution < 1.29 is 4.74 Å². The van der Waals surface area contributed by atoms with Gasteiger partial charge in [0, 0.05) is 9.50 Å². The van der Waals surface area contributed by atoms with Gasteiger partial charge in [-0.15, -0.1) is 0 Å². The molecule has 0 heterocycles. The first-order valence-electron chi connectivity index (χ1n) is 6.34. The smallest absolute Gasteiger partial charge is 0.0665 e. The third-order valence-electron chi connectivity index (χ3n) is 2.57. The van der Waals surface area contributed by atoms with Gasteiger partial charge in [-0.1, -0.05) is 40.5 Å². The van der Waals surface area contributed by atoms with Gasteiger partial charge in [0.1, 0.15) is 0 Å². The Morgan fingerprint density at radius 1 is 1.39 bits per heavy atom. The van der Waals surface area contributed by atoms with Gasteiger partial charge in [0.15, 0.2) is 0 Å². The molecule has 0 radical (unpaired) electrons. The second kappa shape index (κ2) is 8.16. The van der Waals surface area contributed by atoms with Crippen LogP contribution in [0.3, 0.4) is 0 Å². The topological polar surface area (TPSA) is 21.3 Å². The first-order chi connectivity index (χ1) is 8.54. The fraction of sp³-hybridized carbons (Fsp3) is 0.571. The lowest BCUT2D eigenvalue weighted by atomic mass is 10.1. The van der Waals surface area contributed by atoms with Crippen molar-refractivity contribution in [2.45, 2.75) is 39.3 Å². The van der Waals surface area contributed by atoms with Crippen molar-refractivity contribution >= 4 is 27.5 Å². The Kier molecular flexibility index (Phi) is 7.23. The Balaban J connectivity index is 2.79. The zero-order valence-corrected chi connectivity index (χ0v) is 13.5. The fourth-order valence-corrected chi connectivity index (χ4v) is 2.61. The summed E-state index contributed by atoms with van der Waals surface area (Å²) in [5, 5.41) is 4.24. The summed E-state index contributed by atoms with van der Waals surface area (Å²) in [6, 6.07) is 6.08. The van der Waals surface area contributed by atoms with E-state index < -0.39 is 0 Å². The molecule has 0 fully saturated rings. The zero-order chi connectivity index (χ0) is 13.5. The van der Waals surface area contributed by atoms with Gasteiger partial charge in [-0.3, -0.25) is 0 Å². The number of hydrogen-bond donors (Lipinski definition) is 1. The summed E-state index contributed by atoms with van der Waals surface area (Å²) >= 11 is 9.54. The SMILES string of the molecule is CCCNC(COC(C)C)c1ccc(Cl)cc1Br. The Hall–Kier alpha value is -0.0900. The van der Waals surface area contributed by atoms with Crippen molar-refractivity contribution in [3.63, 3.8) is 0 Å². The van der Waals surface area contributed by atoms with Crippen molar-refractivity contribution in [1.82, 2.24) is 5.32 Å². The predicted molar refractivity (Wildman–Crippen MR) is 81.3 cm³/mol. The van der Waals surface area contributed by atoms with Crippen LogP contribution >= 0.6 is 27.5 Å². The molecule has 0 saturated heterocycles. The summed E-state index contributed by atoms with van der Waals surface area (Å²) in [6.07, 6.45) is 1.34. The molecule has 1 aromatic carbocycles. The molecule has 0 aliphatic carbocycles. The summed E-state index contributed by atoms with van der Waals surface area (Å²) in [4.78, 5) is 0. The van der Waals surface area contributed by atoms with E-state index in [4.69, 9.17) is 16.3 Å². The quantitative estimate of drug-likeness (QED) is 0.788. The molecule has 1 rings (SSSR count). The molecule has 1 N–H and O–H groups in total. The zero-order valence-electron chi connectivity index (χ0n) is 11.2. The van der Waals surface area contributed by atoms with Crippen molar-refractivity contribution in [2.24, 2.45) is 0 Å². The van der Waals surface area contributed by atoms with Gasteiger partial charge in [-0.25, -0.2) is 0 Å². The molecule has 4 heteroatoms. The van der Waals surface area contributed by atoms with E-state index in [1.165, 1.54) is 5.56 Å². The summed E-state index contributed by atoms with van der Waals surface area (Å²) in [7, 11) is 0. The van der Waals surface area contributed by atoms with E-state index in [0.717, 1.165) is 22.5 Å². The second-order valence-electron chi connectivity index (χ2n) is 4.55. The highest BCUT2D eigenvalue weighted by molar-refractivity contribution is 9.10. The Morgan fingerprint density at radius 2 is 2.11 bits per heavy atom. The monoisotopic (exact) mass is 333 g/mol. The molecule has 1 atom stereocenters. The number of nitrogens with one attached hydrogen (secondary N) is 1. The van der Waals surface area contributed by atoms with E-state index in [-0.39, 0.29) is 12.1 Å². The van der Waals surface area contributed by atoms with Crippen molar-refractivity contribution in [3.8, 4) is 0 Å². The maximum atomic E-state index is 5.97. The van der Waals surface area contributed by atoms with Crippen LogP contribution in [0, 0.1) is 0 Å². The maximum absolute atomic E-state index is 5.97. The molecule has 0 aliphatic heterocycles. The average molecular weight is 335 g/mol. The maximum Gasteiger partial charge on any atom is 0.0665 e. The van der Waals surface area contributed by atoms with Crippen LogP contribution in [-0.4, -0.2) is 19.3 Å². The van der Waals surface area contributed by atoms with Gasteiger partial charge >= 0.3 is 0 Å². The summed E-state index contributed by atoms with van der Waals surface area (Å²) in [6.45, 7) is 7.89. The summed E-state index contributed by atoms with van der Waals surface area (Å²) in [5.41, 5.74) is 1.19. The minimum atomic E-state index is 0.194. The molecular weight excluding hydrogens is 314 g/mol. The fourth-order valence-electron chi connectivity index (χ4n) is 1.65. The van der Waals surface area contributed by atoms with Crippen molar-refractivity contribution in [1.29, 1.82) is 0 Å². The van der Waals surface area contributed by atoms with Gasteiger partial charge in [0.25, 0.3) is 0 Å². The highest BCUT2D eigenvalue weighted by Crippen LogP contribution is 2.27. The molecule has 0 bridgehead atoms. The first kappa shape index (κ1) is 16.0. The van der Waals surface area contributed by atoms with Crippen LogP contribution in [-0.2, 0) is 4.74 Å². The van der Waals surface area contributed by atoms with E-state index >= 15 is 0 Å². The van der Waals surface area contributed by atoms with E-state index in [0.29, 0.717) is 6.61 Å². The highest BCUT2D eigenvalue weighted by atomic mass is 79.9. The largest absolute Gasteiger partial charge is 0.377 e. The van der Waals surface area contributed by atoms with Crippen LogP contribution in [0.1, 0.15) is 38.8 Å². The number of rotatable bonds is 7. The van der Waals surface area contributed by atoms with E-state index in [9.17, 15) is 0 Å². The number of ether oxygens (including phenoxy) is 1. The van der Waals surface area contributed by atoms with Gasteiger partial charge in [0.2, 0.25) is 0 Å². The third kappa shape index (κ3) is 5.27. The van der Waals surface area contributed by atoms with Crippen LogP contribution in [0.4, 0.5) is 0 Å².